The predicted molar refractivity (Wildman–Crippen MR) is 57.7 cm³/mol. The van der Waals surface area contributed by atoms with Gasteiger partial charge in [-0.05, 0) is 30.6 Å². The number of unbranched alkanes of at least 4 members (excludes halogenated alkanes) is 1. The van der Waals surface area contributed by atoms with Gasteiger partial charge in [-0.2, -0.15) is 0 Å². The molecule has 0 radical (unpaired) electrons. The quantitative estimate of drug-likeness (QED) is 0.332. The fourth-order valence-electron chi connectivity index (χ4n) is 1.16. The third kappa shape index (κ3) is 3.62. The molecule has 0 nitrogen and oxygen atoms in total. The minimum absolute atomic E-state index is 0.310. The molecule has 12 heavy (non-hydrogen) atoms. The highest BCUT2D eigenvalue weighted by Gasteiger charge is 2.26. The molecule has 0 saturated heterocycles. The number of alkyl halides is 1. The highest BCUT2D eigenvalue weighted by Crippen LogP contribution is 2.33. The highest BCUT2D eigenvalue weighted by molar-refractivity contribution is 6.18. The molecule has 0 saturated carbocycles. The Hall–Kier alpha value is 0.0300. The van der Waals surface area contributed by atoms with E-state index in [0.717, 1.165) is 12.3 Å². The van der Waals surface area contributed by atoms with E-state index >= 15 is 0 Å². The number of rotatable bonds is 6. The standard InChI is InChI=1S/C11H21Cl/c1-5-6-7-8-11(4,9-12)10(2)3/h5,10H,1,6-9H2,2-4H3. The van der Waals surface area contributed by atoms with Gasteiger partial charge in [-0.1, -0.05) is 26.8 Å². The molecule has 72 valence electrons. The molecule has 0 aliphatic rings. The van der Waals surface area contributed by atoms with Gasteiger partial charge < -0.3 is 0 Å². The molecule has 0 aliphatic heterocycles. The Morgan fingerprint density at radius 3 is 2.42 bits per heavy atom. The van der Waals surface area contributed by atoms with Crippen LogP contribution in [0.1, 0.15) is 40.0 Å². The zero-order valence-corrected chi connectivity index (χ0v) is 9.32. The van der Waals surface area contributed by atoms with E-state index < -0.39 is 0 Å². The fraction of sp³-hybridized carbons (Fsp3) is 0.818. The van der Waals surface area contributed by atoms with Crippen molar-refractivity contribution in [1.29, 1.82) is 0 Å². The third-order valence-electron chi connectivity index (χ3n) is 2.86. The van der Waals surface area contributed by atoms with Crippen molar-refractivity contribution < 1.29 is 0 Å². The number of hydrogen-bond donors (Lipinski definition) is 0. The zero-order chi connectivity index (χ0) is 9.61. The number of allylic oxidation sites excluding steroid dienone is 1. The van der Waals surface area contributed by atoms with Crippen molar-refractivity contribution in [3.63, 3.8) is 0 Å². The van der Waals surface area contributed by atoms with Crippen LogP contribution in [0.5, 0.6) is 0 Å². The Labute approximate surface area is 82.0 Å². The number of hydrogen-bond acceptors (Lipinski definition) is 0. The minimum atomic E-state index is 0.310. The Morgan fingerprint density at radius 2 is 2.08 bits per heavy atom. The predicted octanol–water partition coefficient (Wildman–Crippen LogP) is 4.24. The van der Waals surface area contributed by atoms with Crippen LogP contribution in [0.15, 0.2) is 12.7 Å². The van der Waals surface area contributed by atoms with Gasteiger partial charge in [0.1, 0.15) is 0 Å². The zero-order valence-electron chi connectivity index (χ0n) is 8.57. The van der Waals surface area contributed by atoms with Gasteiger partial charge in [0.2, 0.25) is 0 Å². The molecule has 0 rings (SSSR count). The molecule has 1 heteroatoms. The average molecular weight is 189 g/mol. The van der Waals surface area contributed by atoms with Crippen LogP contribution >= 0.6 is 11.6 Å². The summed E-state index contributed by atoms with van der Waals surface area (Å²) in [4.78, 5) is 0. The maximum atomic E-state index is 5.96. The van der Waals surface area contributed by atoms with Gasteiger partial charge in [0.25, 0.3) is 0 Å². The first-order valence-electron chi connectivity index (χ1n) is 4.73. The lowest BCUT2D eigenvalue weighted by atomic mass is 9.77. The van der Waals surface area contributed by atoms with Gasteiger partial charge >= 0.3 is 0 Å². The second-order valence-corrected chi connectivity index (χ2v) is 4.39. The first-order chi connectivity index (χ1) is 5.56. The van der Waals surface area contributed by atoms with Crippen LogP contribution in [0, 0.1) is 11.3 Å². The maximum Gasteiger partial charge on any atom is 0.0279 e. The van der Waals surface area contributed by atoms with Crippen molar-refractivity contribution in [2.75, 3.05) is 5.88 Å². The summed E-state index contributed by atoms with van der Waals surface area (Å²) in [5, 5.41) is 0. The van der Waals surface area contributed by atoms with Crippen LogP contribution in [-0.4, -0.2) is 5.88 Å². The molecule has 1 atom stereocenters. The van der Waals surface area contributed by atoms with E-state index in [4.69, 9.17) is 11.6 Å². The summed E-state index contributed by atoms with van der Waals surface area (Å²) in [6.07, 6.45) is 5.51. The molecule has 0 spiro atoms. The van der Waals surface area contributed by atoms with Crippen molar-refractivity contribution in [3.8, 4) is 0 Å². The van der Waals surface area contributed by atoms with E-state index in [0.29, 0.717) is 11.3 Å². The smallest absolute Gasteiger partial charge is 0.0279 e. The molecule has 0 aliphatic carbocycles. The topological polar surface area (TPSA) is 0 Å². The van der Waals surface area contributed by atoms with Crippen LogP contribution in [-0.2, 0) is 0 Å². The molecular weight excluding hydrogens is 168 g/mol. The molecule has 0 aromatic carbocycles. The van der Waals surface area contributed by atoms with Crippen molar-refractivity contribution in [1.82, 2.24) is 0 Å². The van der Waals surface area contributed by atoms with E-state index in [2.05, 4.69) is 27.4 Å². The van der Waals surface area contributed by atoms with Crippen LogP contribution in [0.3, 0.4) is 0 Å². The van der Waals surface area contributed by atoms with E-state index in [9.17, 15) is 0 Å². The van der Waals surface area contributed by atoms with E-state index in [-0.39, 0.29) is 0 Å². The lowest BCUT2D eigenvalue weighted by Crippen LogP contribution is -2.25. The van der Waals surface area contributed by atoms with Gasteiger partial charge in [0.05, 0.1) is 0 Å². The summed E-state index contributed by atoms with van der Waals surface area (Å²) in [7, 11) is 0. The van der Waals surface area contributed by atoms with E-state index in [1.165, 1.54) is 12.8 Å². The van der Waals surface area contributed by atoms with Crippen molar-refractivity contribution in [2.24, 2.45) is 11.3 Å². The summed E-state index contributed by atoms with van der Waals surface area (Å²) in [5.41, 5.74) is 0.310. The number of halogens is 1. The van der Waals surface area contributed by atoms with Crippen LogP contribution in [0.25, 0.3) is 0 Å². The highest BCUT2D eigenvalue weighted by atomic mass is 35.5. The van der Waals surface area contributed by atoms with Crippen LogP contribution < -0.4 is 0 Å². The van der Waals surface area contributed by atoms with Gasteiger partial charge in [-0.3, -0.25) is 0 Å². The third-order valence-corrected chi connectivity index (χ3v) is 3.47. The average Bonchev–Trinajstić information content (AvgIpc) is 2.04. The molecule has 0 heterocycles. The van der Waals surface area contributed by atoms with Crippen LogP contribution in [0.4, 0.5) is 0 Å². The fourth-order valence-corrected chi connectivity index (χ4v) is 1.60. The largest absolute Gasteiger partial charge is 0.126 e. The monoisotopic (exact) mass is 188 g/mol. The lowest BCUT2D eigenvalue weighted by molar-refractivity contribution is 0.229. The van der Waals surface area contributed by atoms with Crippen molar-refractivity contribution in [3.05, 3.63) is 12.7 Å². The maximum absolute atomic E-state index is 5.96. The van der Waals surface area contributed by atoms with Gasteiger partial charge in [0, 0.05) is 5.88 Å². The van der Waals surface area contributed by atoms with E-state index in [1.54, 1.807) is 0 Å². The second kappa shape index (κ2) is 5.64. The SMILES string of the molecule is C=CCCCC(C)(CCl)C(C)C. The first-order valence-corrected chi connectivity index (χ1v) is 5.27. The molecule has 0 aromatic heterocycles. The van der Waals surface area contributed by atoms with Gasteiger partial charge in [-0.15, -0.1) is 18.2 Å². The summed E-state index contributed by atoms with van der Waals surface area (Å²) in [6, 6.07) is 0. The second-order valence-electron chi connectivity index (χ2n) is 4.12. The normalized spacial score (nSPS) is 16.1. The Bertz CT molecular complexity index is 129. The molecule has 0 N–H and O–H groups in total. The lowest BCUT2D eigenvalue weighted by Gasteiger charge is -2.31. The minimum Gasteiger partial charge on any atom is -0.126 e. The van der Waals surface area contributed by atoms with E-state index in [1.807, 2.05) is 6.08 Å². The molecular formula is C11H21Cl. The molecule has 0 fully saturated rings. The Kier molecular flexibility index (Phi) is 5.65. The van der Waals surface area contributed by atoms with Gasteiger partial charge in [0.15, 0.2) is 0 Å². The summed E-state index contributed by atoms with van der Waals surface area (Å²) < 4.78 is 0. The molecule has 0 amide bonds. The Balaban J connectivity index is 3.87. The van der Waals surface area contributed by atoms with Crippen molar-refractivity contribution >= 4 is 11.6 Å². The molecule has 1 unspecified atom stereocenters. The first kappa shape index (κ1) is 12.0. The summed E-state index contributed by atoms with van der Waals surface area (Å²) in [6.45, 7) is 10.5. The van der Waals surface area contributed by atoms with Gasteiger partial charge in [-0.25, -0.2) is 0 Å². The summed E-state index contributed by atoms with van der Waals surface area (Å²) >= 11 is 5.96. The van der Waals surface area contributed by atoms with Crippen molar-refractivity contribution in [2.45, 2.75) is 40.0 Å². The summed E-state index contributed by atoms with van der Waals surface area (Å²) in [5.74, 6) is 1.43. The van der Waals surface area contributed by atoms with Crippen LogP contribution in [0.2, 0.25) is 0 Å². The molecule has 0 aromatic rings. The Morgan fingerprint density at radius 1 is 1.50 bits per heavy atom. The molecule has 0 bridgehead atoms.